The van der Waals surface area contributed by atoms with Crippen LogP contribution in [0.15, 0.2) is 60.7 Å². The number of anilines is 1. The Balaban J connectivity index is 1.39. The van der Waals surface area contributed by atoms with Crippen LogP contribution in [0.3, 0.4) is 0 Å². The Hall–Kier alpha value is -3.81. The summed E-state index contributed by atoms with van der Waals surface area (Å²) in [6, 6.07) is 16.1. The summed E-state index contributed by atoms with van der Waals surface area (Å²) in [5.41, 5.74) is -0.893. The maximum Gasteiger partial charge on any atom is 0.321 e. The number of ether oxygens (including phenoxy) is 2. The fourth-order valence-corrected chi connectivity index (χ4v) is 3.53. The summed E-state index contributed by atoms with van der Waals surface area (Å²) in [6.07, 6.45) is 0. The number of carboxylic acid groups (broad SMARTS) is 1. The number of hydrogen-bond acceptors (Lipinski definition) is 4. The molecule has 0 bridgehead atoms. The zero-order chi connectivity index (χ0) is 22.0. The van der Waals surface area contributed by atoms with Crippen LogP contribution in [0.1, 0.15) is 0 Å². The van der Waals surface area contributed by atoms with E-state index in [1.165, 1.54) is 23.1 Å². The Labute approximate surface area is 178 Å². The molecule has 1 heterocycles. The molecule has 2 N–H and O–H groups in total. The molecule has 1 fully saturated rings. The fourth-order valence-electron chi connectivity index (χ4n) is 3.53. The molecule has 160 valence electrons. The molecular weight excluding hydrogens is 403 g/mol. The van der Waals surface area contributed by atoms with Gasteiger partial charge in [0.2, 0.25) is 0 Å². The molecule has 8 heteroatoms. The molecule has 4 rings (SSSR count). The molecule has 3 aromatic carbocycles. The highest BCUT2D eigenvalue weighted by atomic mass is 19.1. The SMILES string of the molecule is COc1ccc2cc(OCC3(C(=O)O)CN(C(=O)Nc4cccc(F)c4)C3)ccc2c1. The van der Waals surface area contributed by atoms with Gasteiger partial charge in [-0.2, -0.15) is 0 Å². The Morgan fingerprint density at radius 2 is 1.74 bits per heavy atom. The van der Waals surface area contributed by atoms with Crippen molar-refractivity contribution >= 4 is 28.5 Å². The summed E-state index contributed by atoms with van der Waals surface area (Å²) in [6.45, 7) is -0.0870. The number of carboxylic acids is 1. The molecule has 0 saturated carbocycles. The van der Waals surface area contributed by atoms with Gasteiger partial charge in [-0.3, -0.25) is 4.79 Å². The lowest BCUT2D eigenvalue weighted by atomic mass is 9.81. The second-order valence-corrected chi connectivity index (χ2v) is 7.55. The zero-order valence-corrected chi connectivity index (χ0v) is 16.8. The van der Waals surface area contributed by atoms with Crippen molar-refractivity contribution in [3.63, 3.8) is 0 Å². The number of hydrogen-bond donors (Lipinski definition) is 2. The summed E-state index contributed by atoms with van der Waals surface area (Å²) in [5.74, 6) is -0.214. The second-order valence-electron chi connectivity index (χ2n) is 7.55. The van der Waals surface area contributed by atoms with E-state index < -0.39 is 23.2 Å². The van der Waals surface area contributed by atoms with Crippen molar-refractivity contribution in [2.24, 2.45) is 5.41 Å². The minimum Gasteiger partial charge on any atom is -0.497 e. The van der Waals surface area contributed by atoms with Crippen LogP contribution in [0.25, 0.3) is 10.8 Å². The van der Waals surface area contributed by atoms with E-state index in [1.807, 2.05) is 30.3 Å². The third-order valence-electron chi connectivity index (χ3n) is 5.34. The van der Waals surface area contributed by atoms with E-state index in [0.717, 1.165) is 16.5 Å². The average Bonchev–Trinajstić information content (AvgIpc) is 2.72. The molecule has 7 nitrogen and oxygen atoms in total. The van der Waals surface area contributed by atoms with E-state index in [2.05, 4.69) is 5.32 Å². The molecular formula is C23H21FN2O5. The van der Waals surface area contributed by atoms with E-state index in [0.29, 0.717) is 11.4 Å². The van der Waals surface area contributed by atoms with Gasteiger partial charge in [0.1, 0.15) is 29.3 Å². The molecule has 0 aliphatic carbocycles. The molecule has 0 spiro atoms. The fraction of sp³-hybridized carbons (Fsp3) is 0.217. The number of rotatable bonds is 6. The van der Waals surface area contributed by atoms with E-state index in [9.17, 15) is 19.1 Å². The van der Waals surface area contributed by atoms with Gasteiger partial charge in [-0.25, -0.2) is 9.18 Å². The first kappa shape index (κ1) is 20.5. The lowest BCUT2D eigenvalue weighted by Gasteiger charge is -2.46. The minimum atomic E-state index is -1.20. The van der Waals surface area contributed by atoms with Crippen LogP contribution in [0, 0.1) is 11.2 Å². The van der Waals surface area contributed by atoms with Gasteiger partial charge in [0, 0.05) is 18.8 Å². The Morgan fingerprint density at radius 1 is 1.06 bits per heavy atom. The van der Waals surface area contributed by atoms with Crippen LogP contribution in [0.2, 0.25) is 0 Å². The van der Waals surface area contributed by atoms with Crippen molar-refractivity contribution in [2.75, 3.05) is 32.1 Å². The largest absolute Gasteiger partial charge is 0.497 e. The molecule has 1 aliphatic rings. The highest BCUT2D eigenvalue weighted by Gasteiger charge is 2.52. The quantitative estimate of drug-likeness (QED) is 0.625. The number of halogens is 1. The summed E-state index contributed by atoms with van der Waals surface area (Å²) in [4.78, 5) is 25.6. The number of carbonyl (C=O) groups excluding carboxylic acids is 1. The van der Waals surface area contributed by atoms with Crippen molar-refractivity contribution in [1.29, 1.82) is 0 Å². The summed E-state index contributed by atoms with van der Waals surface area (Å²) in [7, 11) is 1.60. The molecule has 0 atom stereocenters. The number of nitrogens with zero attached hydrogens (tertiary/aromatic N) is 1. The molecule has 0 unspecified atom stereocenters. The summed E-state index contributed by atoms with van der Waals surface area (Å²) in [5, 5.41) is 14.2. The minimum absolute atomic E-state index is 0.00569. The van der Waals surface area contributed by atoms with Gasteiger partial charge >= 0.3 is 12.0 Å². The molecule has 3 aromatic rings. The topological polar surface area (TPSA) is 88.1 Å². The summed E-state index contributed by atoms with van der Waals surface area (Å²) >= 11 is 0. The molecule has 1 saturated heterocycles. The average molecular weight is 424 g/mol. The van der Waals surface area contributed by atoms with Crippen molar-refractivity contribution in [1.82, 2.24) is 4.90 Å². The molecule has 0 aromatic heterocycles. The van der Waals surface area contributed by atoms with Gasteiger partial charge in [-0.05, 0) is 53.2 Å². The summed E-state index contributed by atoms with van der Waals surface area (Å²) < 4.78 is 24.3. The van der Waals surface area contributed by atoms with E-state index in [-0.39, 0.29) is 19.7 Å². The van der Waals surface area contributed by atoms with Crippen LogP contribution in [0.4, 0.5) is 14.9 Å². The van der Waals surface area contributed by atoms with Crippen LogP contribution >= 0.6 is 0 Å². The van der Waals surface area contributed by atoms with Gasteiger partial charge in [-0.15, -0.1) is 0 Å². The van der Waals surface area contributed by atoms with Gasteiger partial charge in [-0.1, -0.05) is 18.2 Å². The number of nitrogens with one attached hydrogen (secondary N) is 1. The lowest BCUT2D eigenvalue weighted by Crippen LogP contribution is -2.65. The van der Waals surface area contributed by atoms with Crippen molar-refractivity contribution in [3.8, 4) is 11.5 Å². The van der Waals surface area contributed by atoms with Crippen LogP contribution in [0.5, 0.6) is 11.5 Å². The monoisotopic (exact) mass is 424 g/mol. The van der Waals surface area contributed by atoms with Crippen molar-refractivity contribution < 1.29 is 28.6 Å². The number of urea groups is 1. The predicted octanol–water partition coefficient (Wildman–Crippen LogP) is 3.99. The third kappa shape index (κ3) is 4.23. The van der Waals surface area contributed by atoms with E-state index in [1.54, 1.807) is 19.2 Å². The van der Waals surface area contributed by atoms with Crippen molar-refractivity contribution in [3.05, 3.63) is 66.5 Å². The van der Waals surface area contributed by atoms with Gasteiger partial charge in [0.15, 0.2) is 0 Å². The highest BCUT2D eigenvalue weighted by molar-refractivity contribution is 5.92. The molecule has 0 radical (unpaired) electrons. The first-order valence-corrected chi connectivity index (χ1v) is 9.64. The Morgan fingerprint density at radius 3 is 2.39 bits per heavy atom. The Bertz CT molecular complexity index is 1140. The first-order valence-electron chi connectivity index (χ1n) is 9.64. The Kier molecular flexibility index (Phi) is 5.37. The van der Waals surface area contributed by atoms with Crippen LogP contribution in [-0.4, -0.2) is 48.8 Å². The highest BCUT2D eigenvalue weighted by Crippen LogP contribution is 2.33. The van der Waals surface area contributed by atoms with Gasteiger partial charge < -0.3 is 24.8 Å². The normalized spacial score (nSPS) is 14.6. The molecule has 31 heavy (non-hydrogen) atoms. The maximum absolute atomic E-state index is 13.3. The van der Waals surface area contributed by atoms with E-state index in [4.69, 9.17) is 9.47 Å². The van der Waals surface area contributed by atoms with Crippen molar-refractivity contribution in [2.45, 2.75) is 0 Å². The smallest absolute Gasteiger partial charge is 0.321 e. The van der Waals surface area contributed by atoms with Gasteiger partial charge in [0.05, 0.1) is 7.11 Å². The number of likely N-dealkylation sites (tertiary alicyclic amines) is 1. The number of aliphatic carboxylic acids is 1. The number of amides is 2. The number of fused-ring (bicyclic) bond motifs is 1. The molecule has 1 aliphatic heterocycles. The standard InChI is InChI=1S/C23H21FN2O5/c1-30-19-7-5-16-10-20(8-6-15(16)9-19)31-14-23(21(27)28)12-26(13-23)22(29)25-18-4-2-3-17(24)11-18/h2-11H,12-14H2,1H3,(H,25,29)(H,27,28). The first-order chi connectivity index (χ1) is 14.9. The third-order valence-corrected chi connectivity index (χ3v) is 5.34. The lowest BCUT2D eigenvalue weighted by molar-refractivity contribution is -0.160. The maximum atomic E-state index is 13.3. The number of benzene rings is 3. The predicted molar refractivity (Wildman–Crippen MR) is 113 cm³/mol. The van der Waals surface area contributed by atoms with Crippen LogP contribution in [-0.2, 0) is 4.79 Å². The second kappa shape index (κ2) is 8.14. The van der Waals surface area contributed by atoms with Gasteiger partial charge in [0.25, 0.3) is 0 Å². The number of carbonyl (C=O) groups is 2. The molecule has 2 amide bonds. The van der Waals surface area contributed by atoms with Crippen LogP contribution < -0.4 is 14.8 Å². The van der Waals surface area contributed by atoms with E-state index >= 15 is 0 Å². The number of methoxy groups -OCH3 is 1. The zero-order valence-electron chi connectivity index (χ0n) is 16.8.